The highest BCUT2D eigenvalue weighted by atomic mass is 16.1. The Labute approximate surface area is 172 Å². The molecule has 2 heterocycles. The molecule has 5 heteroatoms. The third kappa shape index (κ3) is 4.24. The first-order chi connectivity index (χ1) is 14.1. The molecule has 0 bridgehead atoms. The molecule has 1 fully saturated rings. The number of nitrogens with zero attached hydrogens (tertiary/aromatic N) is 3. The number of aryl methyl sites for hydroxylation is 1. The number of carbonyl (C=O) groups is 1. The Hall–Kier alpha value is -3.34. The van der Waals surface area contributed by atoms with E-state index in [4.69, 9.17) is 0 Å². The van der Waals surface area contributed by atoms with Gasteiger partial charge in [-0.2, -0.15) is 0 Å². The lowest BCUT2D eigenvalue weighted by Gasteiger charge is -2.38. The molecule has 0 atom stereocenters. The first-order valence-electron chi connectivity index (χ1n) is 10.0. The van der Waals surface area contributed by atoms with Gasteiger partial charge in [0.25, 0.3) is 5.91 Å². The highest BCUT2D eigenvalue weighted by Gasteiger charge is 2.20. The summed E-state index contributed by atoms with van der Waals surface area (Å²) in [5, 5.41) is 2.90. The number of nitrogens with one attached hydrogen (secondary N) is 1. The van der Waals surface area contributed by atoms with E-state index in [1.807, 2.05) is 42.5 Å². The largest absolute Gasteiger partial charge is 0.368 e. The molecule has 29 heavy (non-hydrogen) atoms. The van der Waals surface area contributed by atoms with E-state index in [0.717, 1.165) is 37.6 Å². The number of piperazine rings is 1. The Morgan fingerprint density at radius 3 is 2.38 bits per heavy atom. The SMILES string of the molecule is Cc1cccc(N2CCN(c3ccnc(C(=O)Nc4ccccc4)c3)CC2)c1C. The molecule has 1 aliphatic rings. The smallest absolute Gasteiger partial charge is 0.274 e. The molecule has 0 spiro atoms. The fourth-order valence-corrected chi connectivity index (χ4v) is 3.74. The topological polar surface area (TPSA) is 48.5 Å². The van der Waals surface area contributed by atoms with Gasteiger partial charge in [-0.25, -0.2) is 0 Å². The number of aromatic nitrogens is 1. The Morgan fingerprint density at radius 2 is 1.62 bits per heavy atom. The summed E-state index contributed by atoms with van der Waals surface area (Å²) in [6.45, 7) is 8.09. The third-order valence-corrected chi connectivity index (χ3v) is 5.57. The second-order valence-electron chi connectivity index (χ2n) is 7.41. The van der Waals surface area contributed by atoms with Crippen molar-refractivity contribution in [3.8, 4) is 0 Å². The van der Waals surface area contributed by atoms with Crippen molar-refractivity contribution in [1.29, 1.82) is 0 Å². The van der Waals surface area contributed by atoms with Crippen LogP contribution in [0.1, 0.15) is 21.6 Å². The lowest BCUT2D eigenvalue weighted by Crippen LogP contribution is -2.46. The standard InChI is InChI=1S/C24H26N4O/c1-18-7-6-10-23(19(18)2)28-15-13-27(14-16-28)21-11-12-25-22(17-21)24(29)26-20-8-4-3-5-9-20/h3-12,17H,13-16H2,1-2H3,(H,26,29). The average Bonchev–Trinajstić information content (AvgIpc) is 2.77. The molecule has 0 aliphatic carbocycles. The van der Waals surface area contributed by atoms with Crippen LogP contribution in [0, 0.1) is 13.8 Å². The number of rotatable bonds is 4. The predicted molar refractivity (Wildman–Crippen MR) is 119 cm³/mol. The molecule has 1 amide bonds. The van der Waals surface area contributed by atoms with Crippen molar-refractivity contribution in [2.45, 2.75) is 13.8 Å². The number of benzene rings is 2. The summed E-state index contributed by atoms with van der Waals surface area (Å²) in [6, 6.07) is 19.8. The van der Waals surface area contributed by atoms with E-state index in [0.29, 0.717) is 5.69 Å². The summed E-state index contributed by atoms with van der Waals surface area (Å²) in [5.41, 5.74) is 6.24. The van der Waals surface area contributed by atoms with Crippen LogP contribution in [0.5, 0.6) is 0 Å². The zero-order chi connectivity index (χ0) is 20.2. The Kier molecular flexibility index (Phi) is 5.47. The van der Waals surface area contributed by atoms with Crippen LogP contribution in [-0.4, -0.2) is 37.1 Å². The van der Waals surface area contributed by atoms with Crippen molar-refractivity contribution in [2.24, 2.45) is 0 Å². The van der Waals surface area contributed by atoms with Gasteiger partial charge in [-0.15, -0.1) is 0 Å². The molecule has 4 rings (SSSR count). The maximum atomic E-state index is 12.6. The van der Waals surface area contributed by atoms with Crippen LogP contribution in [0.2, 0.25) is 0 Å². The molecule has 148 valence electrons. The van der Waals surface area contributed by atoms with E-state index >= 15 is 0 Å². The molecule has 1 aliphatic heterocycles. The molecule has 3 aromatic rings. The molecule has 1 aromatic heterocycles. The molecule has 1 saturated heterocycles. The molecule has 5 nitrogen and oxygen atoms in total. The van der Waals surface area contributed by atoms with Crippen molar-refractivity contribution in [3.63, 3.8) is 0 Å². The summed E-state index contributed by atoms with van der Waals surface area (Å²) >= 11 is 0. The van der Waals surface area contributed by atoms with Gasteiger partial charge in [-0.1, -0.05) is 30.3 Å². The van der Waals surface area contributed by atoms with Crippen LogP contribution in [0.3, 0.4) is 0 Å². The number of hydrogen-bond donors (Lipinski definition) is 1. The third-order valence-electron chi connectivity index (χ3n) is 5.57. The Balaban J connectivity index is 1.43. The lowest BCUT2D eigenvalue weighted by atomic mass is 10.1. The maximum absolute atomic E-state index is 12.6. The molecule has 0 unspecified atom stereocenters. The molecule has 0 saturated carbocycles. The maximum Gasteiger partial charge on any atom is 0.274 e. The van der Waals surface area contributed by atoms with Gasteiger partial charge in [0.15, 0.2) is 0 Å². The van der Waals surface area contributed by atoms with Gasteiger partial charge in [0.2, 0.25) is 0 Å². The minimum atomic E-state index is -0.188. The number of carbonyl (C=O) groups excluding carboxylic acids is 1. The highest BCUT2D eigenvalue weighted by molar-refractivity contribution is 6.03. The summed E-state index contributed by atoms with van der Waals surface area (Å²) in [6.07, 6.45) is 1.71. The molecule has 0 radical (unpaired) electrons. The van der Waals surface area contributed by atoms with Crippen molar-refractivity contribution < 1.29 is 4.79 Å². The van der Waals surface area contributed by atoms with E-state index < -0.39 is 0 Å². The Bertz CT molecular complexity index is 995. The van der Waals surface area contributed by atoms with Crippen molar-refractivity contribution in [1.82, 2.24) is 4.98 Å². The second kappa shape index (κ2) is 8.35. The van der Waals surface area contributed by atoms with Crippen LogP contribution < -0.4 is 15.1 Å². The van der Waals surface area contributed by atoms with E-state index in [2.05, 4.69) is 52.1 Å². The van der Waals surface area contributed by atoms with Crippen LogP contribution >= 0.6 is 0 Å². The number of pyridine rings is 1. The average molecular weight is 386 g/mol. The predicted octanol–water partition coefficient (Wildman–Crippen LogP) is 4.28. The lowest BCUT2D eigenvalue weighted by molar-refractivity contribution is 0.102. The van der Waals surface area contributed by atoms with Crippen LogP contribution in [-0.2, 0) is 0 Å². The zero-order valence-corrected chi connectivity index (χ0v) is 16.9. The molecular formula is C24H26N4O. The van der Waals surface area contributed by atoms with Gasteiger partial charge in [-0.3, -0.25) is 9.78 Å². The highest BCUT2D eigenvalue weighted by Crippen LogP contribution is 2.25. The van der Waals surface area contributed by atoms with Gasteiger partial charge >= 0.3 is 0 Å². The summed E-state index contributed by atoms with van der Waals surface area (Å²) in [5.74, 6) is -0.188. The Morgan fingerprint density at radius 1 is 0.897 bits per heavy atom. The number of amides is 1. The fourth-order valence-electron chi connectivity index (χ4n) is 3.74. The van der Waals surface area contributed by atoms with Crippen molar-refractivity contribution >= 4 is 23.0 Å². The number of para-hydroxylation sites is 1. The fraction of sp³-hybridized carbons (Fsp3) is 0.250. The molecule has 1 N–H and O–H groups in total. The first-order valence-corrected chi connectivity index (χ1v) is 10.0. The molecule has 2 aromatic carbocycles. The van der Waals surface area contributed by atoms with Crippen molar-refractivity contribution in [2.75, 3.05) is 41.3 Å². The monoisotopic (exact) mass is 386 g/mol. The van der Waals surface area contributed by atoms with E-state index in [9.17, 15) is 4.79 Å². The summed E-state index contributed by atoms with van der Waals surface area (Å²) < 4.78 is 0. The molecular weight excluding hydrogens is 360 g/mol. The zero-order valence-electron chi connectivity index (χ0n) is 16.9. The van der Waals surface area contributed by atoms with Gasteiger partial charge < -0.3 is 15.1 Å². The summed E-state index contributed by atoms with van der Waals surface area (Å²) in [4.78, 5) is 21.6. The van der Waals surface area contributed by atoms with Gasteiger partial charge in [0.1, 0.15) is 5.69 Å². The van der Waals surface area contributed by atoms with Crippen LogP contribution in [0.25, 0.3) is 0 Å². The van der Waals surface area contributed by atoms with Crippen molar-refractivity contribution in [3.05, 3.63) is 83.7 Å². The normalized spacial score (nSPS) is 14.0. The minimum Gasteiger partial charge on any atom is -0.368 e. The van der Waals surface area contributed by atoms with E-state index in [-0.39, 0.29) is 5.91 Å². The number of anilines is 3. The van der Waals surface area contributed by atoms with Gasteiger partial charge in [0.05, 0.1) is 0 Å². The quantitative estimate of drug-likeness (QED) is 0.727. The van der Waals surface area contributed by atoms with Crippen LogP contribution in [0.4, 0.5) is 17.1 Å². The van der Waals surface area contributed by atoms with Crippen LogP contribution in [0.15, 0.2) is 66.9 Å². The minimum absolute atomic E-state index is 0.188. The number of hydrogen-bond acceptors (Lipinski definition) is 4. The second-order valence-corrected chi connectivity index (χ2v) is 7.41. The van der Waals surface area contributed by atoms with Gasteiger partial charge in [-0.05, 0) is 55.3 Å². The van der Waals surface area contributed by atoms with E-state index in [1.54, 1.807) is 6.20 Å². The summed E-state index contributed by atoms with van der Waals surface area (Å²) in [7, 11) is 0. The van der Waals surface area contributed by atoms with Gasteiger partial charge in [0, 0.05) is 49.4 Å². The van der Waals surface area contributed by atoms with E-state index in [1.165, 1.54) is 16.8 Å². The first kappa shape index (κ1) is 19.0.